The van der Waals surface area contributed by atoms with Crippen LogP contribution in [0.3, 0.4) is 0 Å². The second kappa shape index (κ2) is 8.46. The smallest absolute Gasteiger partial charge is 0.251 e. The van der Waals surface area contributed by atoms with Crippen LogP contribution in [0.1, 0.15) is 61.0 Å². The monoisotopic (exact) mass is 411 g/mol. The van der Waals surface area contributed by atoms with Gasteiger partial charge in [0.25, 0.3) is 6.43 Å². The molecule has 0 saturated carbocycles. The van der Waals surface area contributed by atoms with Crippen LogP contribution in [0.25, 0.3) is 22.2 Å². The highest BCUT2D eigenvalue weighted by atomic mass is 19.3. The maximum absolute atomic E-state index is 12.7. The van der Waals surface area contributed by atoms with Crippen LogP contribution in [0.5, 0.6) is 0 Å². The Bertz CT molecular complexity index is 1010. The normalized spacial score (nSPS) is 16.3. The molecule has 3 aromatic rings. The summed E-state index contributed by atoms with van der Waals surface area (Å²) in [6.07, 6.45) is -0.366. The number of H-pyrrole nitrogens is 1. The maximum Gasteiger partial charge on any atom is 0.251 e. The lowest BCUT2D eigenvalue weighted by Crippen LogP contribution is -2.36. The van der Waals surface area contributed by atoms with Crippen molar-refractivity contribution in [2.24, 2.45) is 0 Å². The van der Waals surface area contributed by atoms with Crippen molar-refractivity contribution in [1.82, 2.24) is 14.9 Å². The number of aromatic nitrogens is 2. The number of likely N-dealkylation sites (tertiary alicyclic amines) is 1. The summed E-state index contributed by atoms with van der Waals surface area (Å²) in [5, 5.41) is 1.28. The molecule has 1 fully saturated rings. The Balaban J connectivity index is 1.68. The predicted molar refractivity (Wildman–Crippen MR) is 120 cm³/mol. The van der Waals surface area contributed by atoms with Crippen LogP contribution in [0.2, 0.25) is 0 Å². The molecule has 2 aromatic heterocycles. The summed E-state index contributed by atoms with van der Waals surface area (Å²) < 4.78 is 25.4. The molecule has 30 heavy (non-hydrogen) atoms. The number of hydrogen-bond acceptors (Lipinski definition) is 2. The van der Waals surface area contributed by atoms with Gasteiger partial charge in [0.1, 0.15) is 0 Å². The van der Waals surface area contributed by atoms with E-state index in [4.69, 9.17) is 0 Å². The van der Waals surface area contributed by atoms with Gasteiger partial charge in [-0.2, -0.15) is 0 Å². The molecular formula is C25H31F2N3. The Morgan fingerprint density at radius 2 is 1.73 bits per heavy atom. The van der Waals surface area contributed by atoms with Crippen molar-refractivity contribution in [3.8, 4) is 11.3 Å². The quantitative estimate of drug-likeness (QED) is 0.526. The summed E-state index contributed by atoms with van der Waals surface area (Å²) in [6, 6.07) is 11.0. The highest BCUT2D eigenvalue weighted by Gasteiger charge is 2.24. The second-order valence-electron chi connectivity index (χ2n) is 8.98. The molecule has 0 atom stereocenters. The average molecular weight is 412 g/mol. The highest BCUT2D eigenvalue weighted by molar-refractivity contribution is 5.92. The average Bonchev–Trinajstić information content (AvgIpc) is 3.06. The van der Waals surface area contributed by atoms with E-state index in [1.54, 1.807) is 0 Å². The fraction of sp³-hybridized carbons (Fsp3) is 0.480. The highest BCUT2D eigenvalue weighted by Crippen LogP contribution is 2.38. The summed E-state index contributed by atoms with van der Waals surface area (Å²) >= 11 is 0. The number of alkyl halides is 2. The number of hydrogen-bond donors (Lipinski definition) is 1. The number of aromatic amines is 1. The number of rotatable bonds is 5. The minimum Gasteiger partial charge on any atom is -0.354 e. The topological polar surface area (TPSA) is 31.9 Å². The molecule has 5 heteroatoms. The molecule has 0 radical (unpaired) electrons. The van der Waals surface area contributed by atoms with Gasteiger partial charge in [0, 0.05) is 27.9 Å². The first kappa shape index (κ1) is 21.0. The van der Waals surface area contributed by atoms with Crippen molar-refractivity contribution in [2.45, 2.75) is 58.8 Å². The van der Waals surface area contributed by atoms with Gasteiger partial charge < -0.3 is 4.98 Å². The van der Waals surface area contributed by atoms with Crippen LogP contribution in [0.4, 0.5) is 8.78 Å². The first-order valence-corrected chi connectivity index (χ1v) is 10.9. The minimum atomic E-state index is -2.25. The third-order valence-corrected chi connectivity index (χ3v) is 6.27. The molecule has 3 nitrogen and oxygen atoms in total. The van der Waals surface area contributed by atoms with Gasteiger partial charge in [0.2, 0.25) is 0 Å². The van der Waals surface area contributed by atoms with Gasteiger partial charge in [-0.15, -0.1) is 0 Å². The molecule has 0 unspecified atom stereocenters. The molecule has 160 valence electrons. The van der Waals surface area contributed by atoms with Crippen LogP contribution in [0, 0.1) is 13.8 Å². The number of nitrogens with one attached hydrogen (secondary N) is 1. The number of pyridine rings is 1. The van der Waals surface area contributed by atoms with Crippen molar-refractivity contribution < 1.29 is 8.78 Å². The summed E-state index contributed by atoms with van der Waals surface area (Å²) in [5.41, 5.74) is 8.23. The number of aryl methyl sites for hydroxylation is 2. The first-order chi connectivity index (χ1) is 14.3. The third kappa shape index (κ3) is 4.27. The number of benzene rings is 1. The summed E-state index contributed by atoms with van der Waals surface area (Å²) in [5.74, 6) is 0.817. The number of piperidine rings is 1. The van der Waals surface area contributed by atoms with Crippen molar-refractivity contribution >= 4 is 10.9 Å². The van der Waals surface area contributed by atoms with Crippen molar-refractivity contribution in [3.63, 3.8) is 0 Å². The minimum absolute atomic E-state index is 0.102. The Hall–Kier alpha value is -2.27. The lowest BCUT2D eigenvalue weighted by Gasteiger charge is -2.32. The van der Waals surface area contributed by atoms with Crippen LogP contribution in [-0.4, -0.2) is 40.9 Å². The number of fused-ring (bicyclic) bond motifs is 1. The SMILES string of the molecule is Cc1cc(-c2[nH]c3ccc(C4CCN(CC(F)F)CC4)cc3c2C(C)C)cc(C)n1. The third-order valence-electron chi connectivity index (χ3n) is 6.27. The number of nitrogens with zero attached hydrogens (tertiary/aromatic N) is 2. The van der Waals surface area contributed by atoms with Crippen molar-refractivity contribution in [2.75, 3.05) is 19.6 Å². The van der Waals surface area contributed by atoms with E-state index in [-0.39, 0.29) is 6.54 Å². The Kier molecular flexibility index (Phi) is 5.92. The van der Waals surface area contributed by atoms with Crippen LogP contribution in [0.15, 0.2) is 30.3 Å². The van der Waals surface area contributed by atoms with E-state index in [1.165, 1.54) is 27.8 Å². The van der Waals surface area contributed by atoms with Gasteiger partial charge >= 0.3 is 0 Å². The lowest BCUT2D eigenvalue weighted by atomic mass is 9.87. The molecule has 1 saturated heterocycles. The Morgan fingerprint density at radius 1 is 1.07 bits per heavy atom. The standard InChI is InChI=1S/C25H31F2N3/c1-15(2)24-21-13-19(18-7-9-30(10-8-18)14-23(26)27)5-6-22(21)29-25(24)20-11-16(3)28-17(4)12-20/h5-6,11-13,15,18,23,29H,7-10,14H2,1-4H3. The van der Waals surface area contributed by atoms with E-state index in [1.807, 2.05) is 18.7 Å². The molecule has 0 aliphatic carbocycles. The Labute approximate surface area is 177 Å². The van der Waals surface area contributed by atoms with Gasteiger partial charge in [-0.3, -0.25) is 9.88 Å². The van der Waals surface area contributed by atoms with Crippen LogP contribution < -0.4 is 0 Å². The molecular weight excluding hydrogens is 380 g/mol. The molecule has 1 aliphatic rings. The number of halogens is 2. The van der Waals surface area contributed by atoms with Crippen LogP contribution >= 0.6 is 0 Å². The maximum atomic E-state index is 12.7. The summed E-state index contributed by atoms with van der Waals surface area (Å²) in [6.45, 7) is 9.94. The van der Waals surface area contributed by atoms with Gasteiger partial charge in [0.05, 0.1) is 12.2 Å². The van der Waals surface area contributed by atoms with Crippen molar-refractivity contribution in [1.29, 1.82) is 0 Å². The van der Waals surface area contributed by atoms with E-state index < -0.39 is 6.43 Å². The van der Waals surface area contributed by atoms with Gasteiger partial charge in [-0.05, 0) is 87.0 Å². The van der Waals surface area contributed by atoms with E-state index in [0.717, 1.165) is 42.8 Å². The summed E-state index contributed by atoms with van der Waals surface area (Å²) in [7, 11) is 0. The zero-order valence-electron chi connectivity index (χ0n) is 18.3. The molecule has 1 aliphatic heterocycles. The van der Waals surface area contributed by atoms with E-state index in [2.05, 4.69) is 54.1 Å². The summed E-state index contributed by atoms with van der Waals surface area (Å²) in [4.78, 5) is 10.1. The molecule has 1 aromatic carbocycles. The lowest BCUT2D eigenvalue weighted by molar-refractivity contribution is 0.0754. The van der Waals surface area contributed by atoms with Gasteiger partial charge in [-0.25, -0.2) is 8.78 Å². The van der Waals surface area contributed by atoms with E-state index in [9.17, 15) is 8.78 Å². The zero-order valence-corrected chi connectivity index (χ0v) is 18.3. The van der Waals surface area contributed by atoms with E-state index >= 15 is 0 Å². The fourth-order valence-corrected chi connectivity index (χ4v) is 4.93. The first-order valence-electron chi connectivity index (χ1n) is 10.9. The molecule has 1 N–H and O–H groups in total. The fourth-order valence-electron chi connectivity index (χ4n) is 4.93. The van der Waals surface area contributed by atoms with Crippen molar-refractivity contribution in [3.05, 3.63) is 52.8 Å². The Morgan fingerprint density at radius 3 is 2.33 bits per heavy atom. The van der Waals surface area contributed by atoms with E-state index in [0.29, 0.717) is 11.8 Å². The molecule has 0 bridgehead atoms. The molecule has 3 heterocycles. The van der Waals surface area contributed by atoms with Gasteiger partial charge in [-0.1, -0.05) is 19.9 Å². The molecule has 4 rings (SSSR count). The molecule has 0 amide bonds. The van der Waals surface area contributed by atoms with Crippen LogP contribution in [-0.2, 0) is 0 Å². The molecule has 0 spiro atoms. The zero-order chi connectivity index (χ0) is 21.4. The second-order valence-corrected chi connectivity index (χ2v) is 8.98. The largest absolute Gasteiger partial charge is 0.354 e. The van der Waals surface area contributed by atoms with Gasteiger partial charge in [0.15, 0.2) is 0 Å². The predicted octanol–water partition coefficient (Wildman–Crippen LogP) is 6.41.